The van der Waals surface area contributed by atoms with Gasteiger partial charge in [-0.1, -0.05) is 30.9 Å². The Morgan fingerprint density at radius 2 is 1.79 bits per heavy atom. The molecule has 2 aromatic rings. The second kappa shape index (κ2) is 10.3. The summed E-state index contributed by atoms with van der Waals surface area (Å²) in [5.41, 5.74) is 1.49. The van der Waals surface area contributed by atoms with Gasteiger partial charge in [0.2, 0.25) is 5.39 Å². The standard InChI is InChI=1S/C13H18N3O.C6H5ClO3S/c1-17-13-9-11(16-14)7-8-12(13)15-10-5-3-2-4-6-10;7-5-1-3-6(4-2-5)11(8,9)10/h7-10,15H,2-6H2,1H3;1-4H,(H,8,9,10)/q+1;/p-1. The summed E-state index contributed by atoms with van der Waals surface area (Å²) < 4.78 is 36.3. The number of hydrogen-bond acceptors (Lipinski definition) is 6. The van der Waals surface area contributed by atoms with Crippen molar-refractivity contribution in [2.24, 2.45) is 0 Å². The molecule has 2 aromatic carbocycles. The maximum Gasteiger partial charge on any atom is 0.388 e. The monoisotopic (exact) mass is 423 g/mol. The van der Waals surface area contributed by atoms with Gasteiger partial charge in [0.25, 0.3) is 0 Å². The lowest BCUT2D eigenvalue weighted by Gasteiger charge is -2.24. The summed E-state index contributed by atoms with van der Waals surface area (Å²) in [6.45, 7) is 0. The molecular formula is C19H22ClN3O4S. The first-order valence-corrected chi connectivity index (χ1v) is 10.6. The number of nitrogens with one attached hydrogen (secondary N) is 1. The summed E-state index contributed by atoms with van der Waals surface area (Å²) in [5, 5.41) is 12.6. The van der Waals surface area contributed by atoms with Crippen molar-refractivity contribution < 1.29 is 17.7 Å². The van der Waals surface area contributed by atoms with Gasteiger partial charge in [-0.15, -0.1) is 0 Å². The molecule has 0 atom stereocenters. The van der Waals surface area contributed by atoms with Crippen LogP contribution in [0.25, 0.3) is 4.98 Å². The zero-order chi connectivity index (χ0) is 20.6. The van der Waals surface area contributed by atoms with Gasteiger partial charge >= 0.3 is 5.69 Å². The van der Waals surface area contributed by atoms with Crippen LogP contribution in [0.2, 0.25) is 5.02 Å². The topological polar surface area (TPSA) is 107 Å². The Kier molecular flexibility index (Phi) is 8.05. The number of anilines is 1. The molecule has 0 saturated heterocycles. The summed E-state index contributed by atoms with van der Waals surface area (Å²) in [6.07, 6.45) is 6.37. The van der Waals surface area contributed by atoms with E-state index >= 15 is 0 Å². The molecule has 0 heterocycles. The van der Waals surface area contributed by atoms with Gasteiger partial charge in [-0.05, 0) is 43.2 Å². The smallest absolute Gasteiger partial charge is 0.388 e. The average Bonchev–Trinajstić information content (AvgIpc) is 2.69. The van der Waals surface area contributed by atoms with Crippen molar-refractivity contribution in [1.29, 1.82) is 5.39 Å². The molecule has 0 bridgehead atoms. The Morgan fingerprint density at radius 1 is 1.14 bits per heavy atom. The van der Waals surface area contributed by atoms with Crippen molar-refractivity contribution in [3.8, 4) is 5.75 Å². The summed E-state index contributed by atoms with van der Waals surface area (Å²) in [6, 6.07) is 11.0. The van der Waals surface area contributed by atoms with Crippen molar-refractivity contribution in [3.05, 3.63) is 52.5 Å². The number of methoxy groups -OCH3 is 1. The Morgan fingerprint density at radius 3 is 2.32 bits per heavy atom. The lowest BCUT2D eigenvalue weighted by atomic mass is 9.95. The Balaban J connectivity index is 0.000000221. The minimum absolute atomic E-state index is 0.262. The van der Waals surface area contributed by atoms with Crippen LogP contribution in [0, 0.1) is 5.39 Å². The van der Waals surface area contributed by atoms with E-state index in [1.54, 1.807) is 19.2 Å². The van der Waals surface area contributed by atoms with E-state index in [9.17, 15) is 13.0 Å². The van der Waals surface area contributed by atoms with Crippen LogP contribution < -0.4 is 10.1 Å². The van der Waals surface area contributed by atoms with Crippen LogP contribution in [-0.2, 0) is 10.1 Å². The van der Waals surface area contributed by atoms with Crippen LogP contribution in [0.1, 0.15) is 32.1 Å². The number of benzene rings is 2. The van der Waals surface area contributed by atoms with Crippen LogP contribution in [-0.4, -0.2) is 26.1 Å². The van der Waals surface area contributed by atoms with Crippen molar-refractivity contribution >= 4 is 33.1 Å². The third-order valence-electron chi connectivity index (χ3n) is 4.37. The van der Waals surface area contributed by atoms with E-state index in [1.807, 2.05) is 6.07 Å². The zero-order valence-corrected chi connectivity index (χ0v) is 17.0. The Labute approximate surface area is 170 Å². The van der Waals surface area contributed by atoms with Gasteiger partial charge in [0.05, 0.1) is 23.8 Å². The number of rotatable bonds is 4. The van der Waals surface area contributed by atoms with Gasteiger partial charge in [0.1, 0.15) is 15.9 Å². The van der Waals surface area contributed by atoms with Gasteiger partial charge in [0, 0.05) is 17.1 Å². The fourth-order valence-electron chi connectivity index (χ4n) is 2.93. The molecule has 9 heteroatoms. The molecule has 0 amide bonds. The molecule has 28 heavy (non-hydrogen) atoms. The minimum atomic E-state index is -4.33. The molecule has 0 unspecified atom stereocenters. The molecule has 1 aliphatic rings. The van der Waals surface area contributed by atoms with E-state index in [0.717, 1.165) is 11.4 Å². The summed E-state index contributed by atoms with van der Waals surface area (Å²) >= 11 is 5.46. The third-order valence-corrected chi connectivity index (χ3v) is 5.47. The Hall–Kier alpha value is -2.34. The molecule has 1 fully saturated rings. The first-order chi connectivity index (χ1) is 13.3. The molecule has 0 radical (unpaired) electrons. The molecule has 1 saturated carbocycles. The van der Waals surface area contributed by atoms with Crippen molar-refractivity contribution in [2.75, 3.05) is 12.4 Å². The summed E-state index contributed by atoms with van der Waals surface area (Å²) in [5.74, 6) is 0.728. The van der Waals surface area contributed by atoms with E-state index in [-0.39, 0.29) is 4.90 Å². The number of hydrogen-bond donors (Lipinski definition) is 1. The van der Waals surface area contributed by atoms with Crippen LogP contribution in [0.15, 0.2) is 47.4 Å². The number of halogens is 1. The maximum absolute atomic E-state index is 10.3. The average molecular weight is 424 g/mol. The highest BCUT2D eigenvalue weighted by atomic mass is 35.5. The van der Waals surface area contributed by atoms with Crippen LogP contribution in [0.4, 0.5) is 11.4 Å². The molecule has 1 N–H and O–H groups in total. The van der Waals surface area contributed by atoms with E-state index in [1.165, 1.54) is 56.4 Å². The highest BCUT2D eigenvalue weighted by Crippen LogP contribution is 2.31. The SMILES string of the molecule is COc1cc([N+]#N)ccc1NC1CCCCC1.O=S(=O)([O-])c1ccc(Cl)cc1. The predicted molar refractivity (Wildman–Crippen MR) is 108 cm³/mol. The Bertz CT molecular complexity index is 921. The molecule has 3 rings (SSSR count). The molecule has 0 aromatic heterocycles. The van der Waals surface area contributed by atoms with E-state index in [2.05, 4.69) is 10.3 Å². The number of ether oxygens (including phenoxy) is 1. The van der Waals surface area contributed by atoms with Crippen LogP contribution >= 0.6 is 11.6 Å². The van der Waals surface area contributed by atoms with E-state index in [0.29, 0.717) is 16.8 Å². The molecular weight excluding hydrogens is 402 g/mol. The first kappa shape index (κ1) is 22.0. The summed E-state index contributed by atoms with van der Waals surface area (Å²) in [7, 11) is -2.70. The molecule has 7 nitrogen and oxygen atoms in total. The number of diazo groups is 1. The third kappa shape index (κ3) is 6.68. The fourth-order valence-corrected chi connectivity index (χ4v) is 3.52. The quantitative estimate of drug-likeness (QED) is 0.537. The van der Waals surface area contributed by atoms with Gasteiger partial charge in [0.15, 0.2) is 4.98 Å². The minimum Gasteiger partial charge on any atom is -0.744 e. The van der Waals surface area contributed by atoms with Gasteiger partial charge in [-0.3, -0.25) is 0 Å². The fraction of sp³-hybridized carbons (Fsp3) is 0.368. The lowest BCUT2D eigenvalue weighted by molar-refractivity contribution is 0.413. The van der Waals surface area contributed by atoms with Gasteiger partial charge in [-0.2, -0.15) is 0 Å². The van der Waals surface area contributed by atoms with Crippen molar-refractivity contribution in [2.45, 2.75) is 43.0 Å². The summed E-state index contributed by atoms with van der Waals surface area (Å²) in [4.78, 5) is 2.90. The molecule has 150 valence electrons. The lowest BCUT2D eigenvalue weighted by Crippen LogP contribution is -2.22. The van der Waals surface area contributed by atoms with Crippen molar-refractivity contribution in [3.63, 3.8) is 0 Å². The largest absolute Gasteiger partial charge is 0.744 e. The van der Waals surface area contributed by atoms with Crippen LogP contribution in [0.5, 0.6) is 5.75 Å². The maximum atomic E-state index is 10.3. The second-order valence-corrected chi connectivity index (χ2v) is 8.19. The normalized spacial score (nSPS) is 14.4. The van der Waals surface area contributed by atoms with Crippen molar-refractivity contribution in [1.82, 2.24) is 0 Å². The van der Waals surface area contributed by atoms with E-state index in [4.69, 9.17) is 21.7 Å². The second-order valence-electron chi connectivity index (χ2n) is 6.37. The number of nitrogens with zero attached hydrogens (tertiary/aromatic N) is 2. The van der Waals surface area contributed by atoms with Gasteiger partial charge in [-0.25, -0.2) is 8.42 Å². The highest BCUT2D eigenvalue weighted by molar-refractivity contribution is 7.85. The molecule has 0 spiro atoms. The molecule has 1 aliphatic carbocycles. The predicted octanol–water partition coefficient (Wildman–Crippen LogP) is 5.17. The zero-order valence-electron chi connectivity index (χ0n) is 15.5. The van der Waals surface area contributed by atoms with E-state index < -0.39 is 10.1 Å². The highest BCUT2D eigenvalue weighted by Gasteiger charge is 2.16. The van der Waals surface area contributed by atoms with Crippen LogP contribution in [0.3, 0.4) is 0 Å². The molecule has 0 aliphatic heterocycles. The van der Waals surface area contributed by atoms with Gasteiger partial charge < -0.3 is 14.6 Å². The first-order valence-electron chi connectivity index (χ1n) is 8.84.